The van der Waals surface area contributed by atoms with Crippen LogP contribution in [0.25, 0.3) is 0 Å². The van der Waals surface area contributed by atoms with E-state index in [4.69, 9.17) is 20.8 Å². The Hall–Kier alpha value is -2.36. The smallest absolute Gasteiger partial charge is 0.287 e. The summed E-state index contributed by atoms with van der Waals surface area (Å²) in [4.78, 5) is 11.3. The van der Waals surface area contributed by atoms with Crippen molar-refractivity contribution in [3.63, 3.8) is 0 Å². The zero-order valence-corrected chi connectivity index (χ0v) is 9.53. The van der Waals surface area contributed by atoms with Gasteiger partial charge in [0.15, 0.2) is 12.4 Å². The van der Waals surface area contributed by atoms with Crippen molar-refractivity contribution >= 4 is 11.7 Å². The molecule has 5 N–H and O–H groups in total. The largest absolute Gasteiger partial charge is 0.464 e. The fourth-order valence-corrected chi connectivity index (χ4v) is 0.925. The van der Waals surface area contributed by atoms with Crippen LogP contribution in [0.15, 0.2) is 9.78 Å². The lowest BCUT2D eigenvalue weighted by Crippen LogP contribution is -2.34. The summed E-state index contributed by atoms with van der Waals surface area (Å²) >= 11 is 0. The van der Waals surface area contributed by atoms with Crippen LogP contribution in [0.1, 0.15) is 12.6 Å². The standard InChI is InChI=1S/C8H13N5O5/c1-4(14)2-10-5(15)3-17-8-6(7(9)11-16)12-18-13-8/h4,14,16H,2-3H2,1H3,(H2,9,11)(H,10,15)/t4-/m1/s1. The van der Waals surface area contributed by atoms with Crippen LogP contribution >= 0.6 is 0 Å². The molecule has 1 aromatic heterocycles. The van der Waals surface area contributed by atoms with Crippen molar-refractivity contribution in [1.82, 2.24) is 15.6 Å². The van der Waals surface area contributed by atoms with Crippen molar-refractivity contribution in [3.8, 4) is 5.88 Å². The first-order valence-electron chi connectivity index (χ1n) is 4.92. The van der Waals surface area contributed by atoms with Gasteiger partial charge >= 0.3 is 0 Å². The van der Waals surface area contributed by atoms with Crippen LogP contribution in [0, 0.1) is 0 Å². The molecular weight excluding hydrogens is 246 g/mol. The molecule has 0 aromatic carbocycles. The van der Waals surface area contributed by atoms with Crippen molar-refractivity contribution in [2.75, 3.05) is 13.2 Å². The highest BCUT2D eigenvalue weighted by molar-refractivity contribution is 5.97. The van der Waals surface area contributed by atoms with E-state index in [1.54, 1.807) is 0 Å². The normalized spacial score (nSPS) is 13.1. The monoisotopic (exact) mass is 259 g/mol. The molecule has 0 fully saturated rings. The highest BCUT2D eigenvalue weighted by Crippen LogP contribution is 2.11. The first-order chi connectivity index (χ1) is 8.54. The number of ether oxygens (including phenoxy) is 1. The Kier molecular flexibility index (Phi) is 4.87. The van der Waals surface area contributed by atoms with Gasteiger partial charge in [-0.15, -0.1) is 0 Å². The highest BCUT2D eigenvalue weighted by atomic mass is 16.6. The van der Waals surface area contributed by atoms with E-state index in [0.29, 0.717) is 0 Å². The second-order valence-corrected chi connectivity index (χ2v) is 3.34. The third-order valence-corrected chi connectivity index (χ3v) is 1.74. The van der Waals surface area contributed by atoms with Gasteiger partial charge in [-0.2, -0.15) is 0 Å². The molecule has 10 nitrogen and oxygen atoms in total. The third kappa shape index (κ3) is 3.90. The van der Waals surface area contributed by atoms with Gasteiger partial charge in [0.25, 0.3) is 11.8 Å². The number of carbonyl (C=O) groups is 1. The van der Waals surface area contributed by atoms with Crippen molar-refractivity contribution in [2.45, 2.75) is 13.0 Å². The number of carbonyl (C=O) groups excluding carboxylic acids is 1. The average Bonchev–Trinajstić information content (AvgIpc) is 2.81. The van der Waals surface area contributed by atoms with Crippen LogP contribution in [-0.2, 0) is 4.79 Å². The number of nitrogens with one attached hydrogen (secondary N) is 1. The van der Waals surface area contributed by atoms with Gasteiger partial charge in [-0.1, -0.05) is 5.16 Å². The second-order valence-electron chi connectivity index (χ2n) is 3.34. The molecule has 0 bridgehead atoms. The van der Waals surface area contributed by atoms with Crippen LogP contribution in [0.2, 0.25) is 0 Å². The number of hydrogen-bond donors (Lipinski definition) is 4. The Morgan fingerprint density at radius 1 is 1.67 bits per heavy atom. The molecule has 0 aliphatic rings. The van der Waals surface area contributed by atoms with Gasteiger partial charge in [0.2, 0.25) is 5.69 Å². The lowest BCUT2D eigenvalue weighted by Gasteiger charge is -2.07. The number of nitrogens with two attached hydrogens (primary N) is 1. The molecule has 0 saturated heterocycles. The van der Waals surface area contributed by atoms with E-state index in [2.05, 4.69) is 25.4 Å². The molecule has 100 valence electrons. The SMILES string of the molecule is C[C@@H](O)CNC(=O)COc1nonc1/C(N)=N/O. The third-order valence-electron chi connectivity index (χ3n) is 1.74. The summed E-state index contributed by atoms with van der Waals surface area (Å²) in [6, 6.07) is 0. The predicted octanol–water partition coefficient (Wildman–Crippen LogP) is -1.96. The maximum Gasteiger partial charge on any atom is 0.287 e. The molecule has 18 heavy (non-hydrogen) atoms. The van der Waals surface area contributed by atoms with Gasteiger partial charge in [-0.3, -0.25) is 4.79 Å². The van der Waals surface area contributed by atoms with E-state index >= 15 is 0 Å². The van der Waals surface area contributed by atoms with Crippen LogP contribution in [0.5, 0.6) is 5.88 Å². The van der Waals surface area contributed by atoms with E-state index < -0.39 is 12.0 Å². The molecule has 1 aromatic rings. The fourth-order valence-electron chi connectivity index (χ4n) is 0.925. The molecule has 0 unspecified atom stereocenters. The number of rotatable bonds is 6. The van der Waals surface area contributed by atoms with Crippen LogP contribution < -0.4 is 15.8 Å². The summed E-state index contributed by atoms with van der Waals surface area (Å²) in [6.07, 6.45) is -0.657. The van der Waals surface area contributed by atoms with Crippen LogP contribution in [-0.4, -0.2) is 51.6 Å². The number of aromatic nitrogens is 2. The summed E-state index contributed by atoms with van der Waals surface area (Å²) < 4.78 is 9.29. The fraction of sp³-hybridized carbons (Fsp3) is 0.500. The maximum atomic E-state index is 11.3. The Bertz CT molecular complexity index is 429. The van der Waals surface area contributed by atoms with Crippen LogP contribution in [0.4, 0.5) is 0 Å². The van der Waals surface area contributed by atoms with E-state index in [1.165, 1.54) is 6.92 Å². The molecule has 1 amide bonds. The summed E-state index contributed by atoms with van der Waals surface area (Å²) in [5.74, 6) is -0.988. The zero-order valence-electron chi connectivity index (χ0n) is 9.53. The van der Waals surface area contributed by atoms with E-state index in [0.717, 1.165) is 0 Å². The molecule has 1 rings (SSSR count). The number of oxime groups is 1. The van der Waals surface area contributed by atoms with Crippen LogP contribution in [0.3, 0.4) is 0 Å². The molecule has 1 heterocycles. The molecule has 0 spiro atoms. The van der Waals surface area contributed by atoms with Gasteiger partial charge in [0.1, 0.15) is 0 Å². The van der Waals surface area contributed by atoms with Gasteiger partial charge in [-0.05, 0) is 17.2 Å². The molecule has 0 radical (unpaired) electrons. The van der Waals surface area contributed by atoms with Gasteiger partial charge in [0.05, 0.1) is 6.10 Å². The minimum atomic E-state index is -0.657. The molecular formula is C8H13N5O5. The van der Waals surface area contributed by atoms with Gasteiger partial charge < -0.3 is 26.1 Å². The quantitative estimate of drug-likeness (QED) is 0.198. The molecule has 0 aliphatic carbocycles. The van der Waals surface area contributed by atoms with Crippen molar-refractivity contribution in [1.29, 1.82) is 0 Å². The second kappa shape index (κ2) is 6.39. The average molecular weight is 259 g/mol. The first-order valence-corrected chi connectivity index (χ1v) is 4.92. The van der Waals surface area contributed by atoms with Crippen molar-refractivity contribution in [3.05, 3.63) is 5.69 Å². The van der Waals surface area contributed by atoms with Crippen molar-refractivity contribution in [2.24, 2.45) is 10.9 Å². The van der Waals surface area contributed by atoms with E-state index in [1.807, 2.05) is 0 Å². The summed E-state index contributed by atoms with van der Waals surface area (Å²) in [7, 11) is 0. The van der Waals surface area contributed by atoms with E-state index in [-0.39, 0.29) is 30.6 Å². The van der Waals surface area contributed by atoms with E-state index in [9.17, 15) is 4.79 Å². The molecule has 10 heteroatoms. The number of aliphatic hydroxyl groups is 1. The molecule has 0 saturated carbocycles. The van der Waals surface area contributed by atoms with Crippen molar-refractivity contribution < 1.29 is 24.5 Å². The van der Waals surface area contributed by atoms with Gasteiger partial charge in [-0.25, -0.2) is 4.63 Å². The summed E-state index contributed by atoms with van der Waals surface area (Å²) in [5.41, 5.74) is 5.16. The Morgan fingerprint density at radius 3 is 3.00 bits per heavy atom. The van der Waals surface area contributed by atoms with Gasteiger partial charge in [0, 0.05) is 6.54 Å². The maximum absolute atomic E-state index is 11.3. The minimum absolute atomic E-state index is 0.104. The molecule has 1 atom stereocenters. The number of amides is 1. The predicted molar refractivity (Wildman–Crippen MR) is 57.0 cm³/mol. The Labute approximate surface area is 101 Å². The summed E-state index contributed by atoms with van der Waals surface area (Å²) in [6.45, 7) is 1.26. The lowest BCUT2D eigenvalue weighted by atomic mass is 10.4. The Morgan fingerprint density at radius 2 is 2.39 bits per heavy atom. The summed E-state index contributed by atoms with van der Waals surface area (Å²) in [5, 5.41) is 29.2. The Balaban J connectivity index is 2.49. The first kappa shape index (κ1) is 13.7. The minimum Gasteiger partial charge on any atom is -0.464 e. The number of amidine groups is 1. The molecule has 0 aliphatic heterocycles. The number of aliphatic hydroxyl groups excluding tert-OH is 1. The zero-order chi connectivity index (χ0) is 13.5. The topological polar surface area (TPSA) is 156 Å². The number of nitrogens with zero attached hydrogens (tertiary/aromatic N) is 3. The lowest BCUT2D eigenvalue weighted by molar-refractivity contribution is -0.123. The highest BCUT2D eigenvalue weighted by Gasteiger charge is 2.17. The number of hydrogen-bond acceptors (Lipinski definition) is 8.